The van der Waals surface area contributed by atoms with E-state index in [9.17, 15) is 10.2 Å². The molecule has 3 nitrogen and oxygen atoms in total. The van der Waals surface area contributed by atoms with Gasteiger partial charge in [0.2, 0.25) is 0 Å². The largest absolute Gasteiger partial charge is 0.393 e. The molecule has 1 saturated heterocycles. The summed E-state index contributed by atoms with van der Waals surface area (Å²) in [5, 5.41) is 22.3. The van der Waals surface area contributed by atoms with Crippen LogP contribution in [0.1, 0.15) is 111 Å². The SMILES string of the molecule is CC[C@]1(O)CC[C@@]2(C)[C@@H](CC[C@@H]3[C@@H]2CC[C@]2(C)[C@@H](C(C)C(O)CC4CCOCC4)CC[C@@H]32)C1. The summed E-state index contributed by atoms with van der Waals surface area (Å²) in [6.45, 7) is 11.5. The zero-order valence-electron chi connectivity index (χ0n) is 22.0. The van der Waals surface area contributed by atoms with Gasteiger partial charge in [0.15, 0.2) is 0 Å². The van der Waals surface area contributed by atoms with Crippen molar-refractivity contribution in [3.8, 4) is 0 Å². The molecule has 10 atom stereocenters. The molecule has 0 bridgehead atoms. The summed E-state index contributed by atoms with van der Waals surface area (Å²) < 4.78 is 5.55. The number of aliphatic hydroxyl groups excluding tert-OH is 1. The van der Waals surface area contributed by atoms with E-state index in [-0.39, 0.29) is 6.10 Å². The van der Waals surface area contributed by atoms with Crippen molar-refractivity contribution in [1.29, 1.82) is 0 Å². The van der Waals surface area contributed by atoms with Crippen LogP contribution in [0.2, 0.25) is 0 Å². The van der Waals surface area contributed by atoms with Crippen LogP contribution in [0.15, 0.2) is 0 Å². The first-order chi connectivity index (χ1) is 15.7. The highest BCUT2D eigenvalue weighted by Gasteiger charge is 2.61. The summed E-state index contributed by atoms with van der Waals surface area (Å²) in [4.78, 5) is 0. The smallest absolute Gasteiger partial charge is 0.0648 e. The van der Waals surface area contributed by atoms with Crippen molar-refractivity contribution in [2.45, 2.75) is 123 Å². The van der Waals surface area contributed by atoms with Crippen LogP contribution in [0, 0.1) is 52.3 Å². The minimum Gasteiger partial charge on any atom is -0.393 e. The van der Waals surface area contributed by atoms with Crippen LogP contribution in [0.3, 0.4) is 0 Å². The Morgan fingerprint density at radius 3 is 2.33 bits per heavy atom. The van der Waals surface area contributed by atoms with Crippen LogP contribution < -0.4 is 0 Å². The molecule has 33 heavy (non-hydrogen) atoms. The third-order valence-corrected chi connectivity index (χ3v) is 12.7. The number of aliphatic hydroxyl groups is 2. The van der Waals surface area contributed by atoms with E-state index in [1.165, 1.54) is 44.9 Å². The van der Waals surface area contributed by atoms with E-state index in [4.69, 9.17) is 4.74 Å². The van der Waals surface area contributed by atoms with Crippen molar-refractivity contribution in [1.82, 2.24) is 0 Å². The van der Waals surface area contributed by atoms with E-state index in [0.717, 1.165) is 75.4 Å². The zero-order chi connectivity index (χ0) is 23.4. The standard InChI is InChI=1S/C30H52O3/c1-5-30(32)15-14-28(3)22(19-30)6-7-23-25-9-8-24(29(25,4)13-10-26(23)28)20(2)27(31)18-21-11-16-33-17-12-21/h20-27,31-32H,5-19H2,1-4H3/t20?,22-,23-,24+,25-,26-,27?,28-,29+,30-/m0/s1. The van der Waals surface area contributed by atoms with Crippen LogP contribution in [0.4, 0.5) is 0 Å². The fraction of sp³-hybridized carbons (Fsp3) is 1.00. The topological polar surface area (TPSA) is 49.7 Å². The van der Waals surface area contributed by atoms with Gasteiger partial charge in [-0.2, -0.15) is 0 Å². The van der Waals surface area contributed by atoms with E-state index < -0.39 is 5.60 Å². The molecule has 0 aromatic rings. The summed E-state index contributed by atoms with van der Waals surface area (Å²) in [6.07, 6.45) is 15.5. The second kappa shape index (κ2) is 9.07. The first-order valence-corrected chi connectivity index (χ1v) is 14.7. The molecule has 1 aliphatic heterocycles. The zero-order valence-corrected chi connectivity index (χ0v) is 22.0. The van der Waals surface area contributed by atoms with Crippen molar-refractivity contribution in [3.63, 3.8) is 0 Å². The molecule has 1 heterocycles. The van der Waals surface area contributed by atoms with Gasteiger partial charge >= 0.3 is 0 Å². The molecule has 5 rings (SSSR count). The summed E-state index contributed by atoms with van der Waals surface area (Å²) in [6, 6.07) is 0. The van der Waals surface area contributed by atoms with Crippen molar-refractivity contribution < 1.29 is 14.9 Å². The Labute approximate surface area is 203 Å². The Morgan fingerprint density at radius 1 is 0.879 bits per heavy atom. The van der Waals surface area contributed by atoms with Crippen LogP contribution >= 0.6 is 0 Å². The van der Waals surface area contributed by atoms with Crippen LogP contribution in [0.25, 0.3) is 0 Å². The first kappa shape index (κ1) is 24.6. The molecule has 4 saturated carbocycles. The molecule has 5 fully saturated rings. The maximum atomic E-state index is 11.3. The summed E-state index contributed by atoms with van der Waals surface area (Å²) in [5.74, 6) is 5.06. The highest BCUT2D eigenvalue weighted by molar-refractivity contribution is 5.11. The minimum absolute atomic E-state index is 0.148. The third-order valence-electron chi connectivity index (χ3n) is 12.7. The second-order valence-electron chi connectivity index (χ2n) is 13.9. The molecule has 0 radical (unpaired) electrons. The number of hydrogen-bond acceptors (Lipinski definition) is 3. The van der Waals surface area contributed by atoms with E-state index in [2.05, 4.69) is 27.7 Å². The number of hydrogen-bond donors (Lipinski definition) is 2. The average molecular weight is 461 g/mol. The maximum absolute atomic E-state index is 11.3. The fourth-order valence-corrected chi connectivity index (χ4v) is 10.4. The Balaban J connectivity index is 1.28. The van der Waals surface area contributed by atoms with E-state index in [0.29, 0.717) is 28.6 Å². The molecular weight excluding hydrogens is 408 g/mol. The van der Waals surface area contributed by atoms with Gasteiger partial charge in [-0.15, -0.1) is 0 Å². The van der Waals surface area contributed by atoms with E-state index in [1.807, 2.05) is 0 Å². The fourth-order valence-electron chi connectivity index (χ4n) is 10.4. The third kappa shape index (κ3) is 4.14. The molecular formula is C30H52O3. The lowest BCUT2D eigenvalue weighted by atomic mass is 9.43. The molecule has 5 aliphatic rings. The quantitative estimate of drug-likeness (QED) is 0.486. The predicted molar refractivity (Wildman–Crippen MR) is 134 cm³/mol. The van der Waals surface area contributed by atoms with Crippen molar-refractivity contribution in [2.24, 2.45) is 52.3 Å². The minimum atomic E-state index is -0.394. The molecule has 0 amide bonds. The number of fused-ring (bicyclic) bond motifs is 5. The molecule has 0 aromatic carbocycles. The number of rotatable bonds is 5. The first-order valence-electron chi connectivity index (χ1n) is 14.7. The molecule has 2 unspecified atom stereocenters. The van der Waals surface area contributed by atoms with Crippen molar-refractivity contribution >= 4 is 0 Å². The highest BCUT2D eigenvalue weighted by Crippen LogP contribution is 2.69. The maximum Gasteiger partial charge on any atom is 0.0648 e. The van der Waals surface area contributed by atoms with Gasteiger partial charge < -0.3 is 14.9 Å². The Morgan fingerprint density at radius 2 is 1.61 bits per heavy atom. The molecule has 0 spiro atoms. The van der Waals surface area contributed by atoms with Gasteiger partial charge in [0.25, 0.3) is 0 Å². The summed E-state index contributed by atoms with van der Waals surface area (Å²) >= 11 is 0. The van der Waals surface area contributed by atoms with Gasteiger partial charge in [0.1, 0.15) is 0 Å². The van der Waals surface area contributed by atoms with Crippen LogP contribution in [0.5, 0.6) is 0 Å². The average Bonchev–Trinajstić information content (AvgIpc) is 3.17. The Hall–Kier alpha value is -0.120. The molecule has 190 valence electrons. The lowest BCUT2D eigenvalue weighted by Crippen LogP contribution is -2.56. The monoisotopic (exact) mass is 460 g/mol. The van der Waals surface area contributed by atoms with Crippen LogP contribution in [-0.4, -0.2) is 35.1 Å². The van der Waals surface area contributed by atoms with E-state index in [1.54, 1.807) is 0 Å². The summed E-state index contributed by atoms with van der Waals surface area (Å²) in [5.41, 5.74) is 0.464. The van der Waals surface area contributed by atoms with Gasteiger partial charge in [-0.05, 0) is 136 Å². The van der Waals surface area contributed by atoms with Gasteiger partial charge in [0, 0.05) is 13.2 Å². The number of ether oxygens (including phenoxy) is 1. The lowest BCUT2D eigenvalue weighted by Gasteiger charge is -2.62. The van der Waals surface area contributed by atoms with Gasteiger partial charge in [0.05, 0.1) is 11.7 Å². The summed E-state index contributed by atoms with van der Waals surface area (Å²) in [7, 11) is 0. The van der Waals surface area contributed by atoms with Gasteiger partial charge in [-0.25, -0.2) is 0 Å². The van der Waals surface area contributed by atoms with Crippen molar-refractivity contribution in [3.05, 3.63) is 0 Å². The molecule has 0 aromatic heterocycles. The Kier molecular flexibility index (Phi) is 6.76. The molecule has 4 aliphatic carbocycles. The molecule has 3 heteroatoms. The van der Waals surface area contributed by atoms with Gasteiger partial charge in [-0.3, -0.25) is 0 Å². The highest BCUT2D eigenvalue weighted by atomic mass is 16.5. The molecule has 2 N–H and O–H groups in total. The Bertz CT molecular complexity index is 688. The van der Waals surface area contributed by atoms with Crippen molar-refractivity contribution in [2.75, 3.05) is 13.2 Å². The van der Waals surface area contributed by atoms with E-state index >= 15 is 0 Å². The van der Waals surface area contributed by atoms with Gasteiger partial charge in [-0.1, -0.05) is 27.7 Å². The second-order valence-corrected chi connectivity index (χ2v) is 13.9. The predicted octanol–water partition coefficient (Wildman–Crippen LogP) is 6.60. The normalized spacial score (nSPS) is 50.2. The van der Waals surface area contributed by atoms with Crippen LogP contribution in [-0.2, 0) is 4.74 Å². The lowest BCUT2D eigenvalue weighted by molar-refractivity contribution is -0.154.